The smallest absolute Gasteiger partial charge is 0.216 e. The molecular formula is C8H15NO2. The van der Waals surface area contributed by atoms with Gasteiger partial charge in [-0.05, 0) is 19.8 Å². The van der Waals surface area contributed by atoms with E-state index in [0.29, 0.717) is 6.54 Å². The third-order valence-electron chi connectivity index (χ3n) is 2.01. The zero-order valence-electron chi connectivity index (χ0n) is 7.14. The number of carbonyl (C=O) groups is 1. The Hall–Kier alpha value is -0.570. The Morgan fingerprint density at radius 1 is 1.73 bits per heavy atom. The standard InChI is InChI=1S/C8H15NO2/c1-7(10)9-6-8(2)4-3-5-11-8/h3-6H2,1-2H3,(H,9,10). The van der Waals surface area contributed by atoms with Gasteiger partial charge in [-0.15, -0.1) is 0 Å². The van der Waals surface area contributed by atoms with Crippen LogP contribution in [0.15, 0.2) is 0 Å². The molecule has 64 valence electrons. The minimum atomic E-state index is -0.105. The van der Waals surface area contributed by atoms with Crippen molar-refractivity contribution in [3.63, 3.8) is 0 Å². The van der Waals surface area contributed by atoms with E-state index >= 15 is 0 Å². The summed E-state index contributed by atoms with van der Waals surface area (Å²) in [6.07, 6.45) is 2.16. The molecule has 0 aromatic rings. The van der Waals surface area contributed by atoms with E-state index in [1.807, 2.05) is 6.92 Å². The van der Waals surface area contributed by atoms with E-state index in [1.165, 1.54) is 6.92 Å². The molecule has 0 aliphatic carbocycles. The molecular weight excluding hydrogens is 142 g/mol. The third-order valence-corrected chi connectivity index (χ3v) is 2.01. The fourth-order valence-electron chi connectivity index (χ4n) is 1.29. The van der Waals surface area contributed by atoms with Gasteiger partial charge in [0.25, 0.3) is 0 Å². The van der Waals surface area contributed by atoms with Gasteiger partial charge in [-0.2, -0.15) is 0 Å². The van der Waals surface area contributed by atoms with Crippen molar-refractivity contribution in [3.8, 4) is 0 Å². The van der Waals surface area contributed by atoms with Crippen molar-refractivity contribution in [1.29, 1.82) is 0 Å². The third kappa shape index (κ3) is 2.50. The Labute approximate surface area is 67.1 Å². The molecule has 1 N–H and O–H groups in total. The molecule has 0 saturated carbocycles. The molecule has 11 heavy (non-hydrogen) atoms. The monoisotopic (exact) mass is 157 g/mol. The number of amides is 1. The van der Waals surface area contributed by atoms with Crippen molar-refractivity contribution in [3.05, 3.63) is 0 Å². The molecule has 1 saturated heterocycles. The van der Waals surface area contributed by atoms with Gasteiger partial charge >= 0.3 is 0 Å². The average Bonchev–Trinajstić information content (AvgIpc) is 2.33. The van der Waals surface area contributed by atoms with E-state index in [9.17, 15) is 4.79 Å². The summed E-state index contributed by atoms with van der Waals surface area (Å²) in [6, 6.07) is 0. The van der Waals surface area contributed by atoms with Crippen molar-refractivity contribution < 1.29 is 9.53 Å². The Morgan fingerprint density at radius 2 is 2.45 bits per heavy atom. The first-order valence-electron chi connectivity index (χ1n) is 4.01. The summed E-state index contributed by atoms with van der Waals surface area (Å²) in [5.74, 6) is 0.0155. The number of hydrogen-bond acceptors (Lipinski definition) is 2. The van der Waals surface area contributed by atoms with E-state index < -0.39 is 0 Å². The quantitative estimate of drug-likeness (QED) is 0.640. The van der Waals surface area contributed by atoms with Crippen LogP contribution in [-0.2, 0) is 9.53 Å². The largest absolute Gasteiger partial charge is 0.373 e. The van der Waals surface area contributed by atoms with Gasteiger partial charge in [-0.1, -0.05) is 0 Å². The second-order valence-corrected chi connectivity index (χ2v) is 3.31. The Balaban J connectivity index is 2.28. The molecule has 1 fully saturated rings. The number of hydrogen-bond donors (Lipinski definition) is 1. The van der Waals surface area contributed by atoms with Crippen LogP contribution in [0.3, 0.4) is 0 Å². The second-order valence-electron chi connectivity index (χ2n) is 3.31. The van der Waals surface area contributed by atoms with Crippen LogP contribution in [-0.4, -0.2) is 24.7 Å². The van der Waals surface area contributed by atoms with Crippen molar-refractivity contribution >= 4 is 5.91 Å². The zero-order valence-corrected chi connectivity index (χ0v) is 7.14. The Morgan fingerprint density at radius 3 is 2.91 bits per heavy atom. The lowest BCUT2D eigenvalue weighted by molar-refractivity contribution is -0.120. The molecule has 1 heterocycles. The van der Waals surface area contributed by atoms with Crippen molar-refractivity contribution in [2.45, 2.75) is 32.3 Å². The molecule has 1 atom stereocenters. The summed E-state index contributed by atoms with van der Waals surface area (Å²) in [4.78, 5) is 10.6. The molecule has 0 aromatic heterocycles. The predicted molar refractivity (Wildman–Crippen MR) is 42.3 cm³/mol. The zero-order chi connectivity index (χ0) is 8.32. The van der Waals surface area contributed by atoms with Crippen LogP contribution in [0, 0.1) is 0 Å². The van der Waals surface area contributed by atoms with Crippen LogP contribution >= 0.6 is 0 Å². The number of carbonyl (C=O) groups excluding carboxylic acids is 1. The lowest BCUT2D eigenvalue weighted by atomic mass is 10.0. The first-order valence-corrected chi connectivity index (χ1v) is 4.01. The highest BCUT2D eigenvalue weighted by atomic mass is 16.5. The van der Waals surface area contributed by atoms with E-state index in [4.69, 9.17) is 4.74 Å². The summed E-state index contributed by atoms with van der Waals surface area (Å²) in [6.45, 7) is 5.03. The predicted octanol–water partition coefficient (Wildman–Crippen LogP) is 0.692. The molecule has 1 rings (SSSR count). The fourth-order valence-corrected chi connectivity index (χ4v) is 1.29. The van der Waals surface area contributed by atoms with Crippen LogP contribution in [0.5, 0.6) is 0 Å². The lowest BCUT2D eigenvalue weighted by Crippen LogP contribution is -2.39. The van der Waals surface area contributed by atoms with Gasteiger partial charge in [0.1, 0.15) is 0 Å². The second kappa shape index (κ2) is 3.22. The van der Waals surface area contributed by atoms with Gasteiger partial charge in [0.2, 0.25) is 5.91 Å². The first-order chi connectivity index (χ1) is 5.12. The Bertz CT molecular complexity index is 150. The van der Waals surface area contributed by atoms with Crippen LogP contribution in [0.1, 0.15) is 26.7 Å². The van der Waals surface area contributed by atoms with Crippen LogP contribution in [0.4, 0.5) is 0 Å². The van der Waals surface area contributed by atoms with Crippen LogP contribution in [0.2, 0.25) is 0 Å². The molecule has 1 aliphatic rings. The normalized spacial score (nSPS) is 30.4. The average molecular weight is 157 g/mol. The molecule has 1 unspecified atom stereocenters. The number of ether oxygens (including phenoxy) is 1. The Kier molecular flexibility index (Phi) is 2.49. The number of nitrogens with one attached hydrogen (secondary N) is 1. The maximum Gasteiger partial charge on any atom is 0.216 e. The topological polar surface area (TPSA) is 38.3 Å². The molecule has 1 amide bonds. The van der Waals surface area contributed by atoms with E-state index in [1.54, 1.807) is 0 Å². The summed E-state index contributed by atoms with van der Waals surface area (Å²) in [5, 5.41) is 2.76. The van der Waals surface area contributed by atoms with Gasteiger partial charge < -0.3 is 10.1 Å². The highest BCUT2D eigenvalue weighted by Gasteiger charge is 2.29. The summed E-state index contributed by atoms with van der Waals surface area (Å²) < 4.78 is 5.48. The minimum Gasteiger partial charge on any atom is -0.373 e. The van der Waals surface area contributed by atoms with Gasteiger partial charge in [0, 0.05) is 20.1 Å². The molecule has 0 aromatic carbocycles. The van der Waals surface area contributed by atoms with Gasteiger partial charge in [0.05, 0.1) is 5.60 Å². The van der Waals surface area contributed by atoms with Crippen molar-refractivity contribution in [2.24, 2.45) is 0 Å². The lowest BCUT2D eigenvalue weighted by Gasteiger charge is -2.22. The maximum absolute atomic E-state index is 10.6. The highest BCUT2D eigenvalue weighted by molar-refractivity contribution is 5.72. The summed E-state index contributed by atoms with van der Waals surface area (Å²) >= 11 is 0. The van der Waals surface area contributed by atoms with Crippen LogP contribution < -0.4 is 5.32 Å². The molecule has 0 bridgehead atoms. The van der Waals surface area contributed by atoms with Crippen molar-refractivity contribution in [2.75, 3.05) is 13.2 Å². The highest BCUT2D eigenvalue weighted by Crippen LogP contribution is 2.23. The van der Waals surface area contributed by atoms with Crippen molar-refractivity contribution in [1.82, 2.24) is 5.32 Å². The number of rotatable bonds is 2. The minimum absolute atomic E-state index is 0.0155. The summed E-state index contributed by atoms with van der Waals surface area (Å²) in [7, 11) is 0. The maximum atomic E-state index is 10.6. The van der Waals surface area contributed by atoms with Crippen LogP contribution in [0.25, 0.3) is 0 Å². The SMILES string of the molecule is CC(=O)NCC1(C)CCCO1. The summed E-state index contributed by atoms with van der Waals surface area (Å²) in [5.41, 5.74) is -0.105. The molecule has 3 nitrogen and oxygen atoms in total. The fraction of sp³-hybridized carbons (Fsp3) is 0.875. The molecule has 1 aliphatic heterocycles. The molecule has 0 radical (unpaired) electrons. The van der Waals surface area contributed by atoms with Gasteiger partial charge in [-0.3, -0.25) is 4.79 Å². The van der Waals surface area contributed by atoms with E-state index in [-0.39, 0.29) is 11.5 Å². The van der Waals surface area contributed by atoms with Gasteiger partial charge in [-0.25, -0.2) is 0 Å². The van der Waals surface area contributed by atoms with Gasteiger partial charge in [0.15, 0.2) is 0 Å². The molecule has 3 heteroatoms. The van der Waals surface area contributed by atoms with E-state index in [0.717, 1.165) is 19.4 Å². The molecule has 0 spiro atoms. The first kappa shape index (κ1) is 8.53. The van der Waals surface area contributed by atoms with E-state index in [2.05, 4.69) is 5.32 Å².